The van der Waals surface area contributed by atoms with Gasteiger partial charge < -0.3 is 16.4 Å². The predicted octanol–water partition coefficient (Wildman–Crippen LogP) is 1.54. The zero-order chi connectivity index (χ0) is 12.5. The van der Waals surface area contributed by atoms with Crippen molar-refractivity contribution in [2.45, 2.75) is 37.4 Å². The first-order valence-electron chi connectivity index (χ1n) is 6.61. The Hall–Kier alpha value is -1.55. The average molecular weight is 245 g/mol. The molecule has 2 aliphatic rings. The minimum Gasteiger partial charge on any atom is -0.335 e. The molecule has 1 aliphatic heterocycles. The van der Waals surface area contributed by atoms with Crippen molar-refractivity contribution in [3.63, 3.8) is 0 Å². The summed E-state index contributed by atoms with van der Waals surface area (Å²) in [4.78, 5) is 11.7. The van der Waals surface area contributed by atoms with Crippen LogP contribution in [0.25, 0.3) is 0 Å². The molecule has 18 heavy (non-hydrogen) atoms. The first-order valence-corrected chi connectivity index (χ1v) is 6.61. The zero-order valence-electron chi connectivity index (χ0n) is 10.3. The van der Waals surface area contributed by atoms with Crippen LogP contribution in [0.15, 0.2) is 30.3 Å². The molecular weight excluding hydrogens is 226 g/mol. The van der Waals surface area contributed by atoms with E-state index >= 15 is 0 Å². The van der Waals surface area contributed by atoms with Crippen LogP contribution < -0.4 is 16.4 Å². The SMILES string of the molecule is NC1CCC2NC(=O)NC(c3ccccc3)C2C1. The van der Waals surface area contributed by atoms with Gasteiger partial charge in [-0.2, -0.15) is 0 Å². The van der Waals surface area contributed by atoms with Crippen LogP contribution in [0, 0.1) is 5.92 Å². The highest BCUT2D eigenvalue weighted by Crippen LogP contribution is 2.36. The normalized spacial score (nSPS) is 35.3. The Morgan fingerprint density at radius 3 is 2.67 bits per heavy atom. The van der Waals surface area contributed by atoms with Crippen LogP contribution in [-0.4, -0.2) is 18.1 Å². The number of benzene rings is 1. The molecule has 0 bridgehead atoms. The van der Waals surface area contributed by atoms with Crippen LogP contribution in [0.3, 0.4) is 0 Å². The van der Waals surface area contributed by atoms with Crippen molar-refractivity contribution in [1.29, 1.82) is 0 Å². The molecule has 4 unspecified atom stereocenters. The maximum atomic E-state index is 11.7. The van der Waals surface area contributed by atoms with E-state index in [4.69, 9.17) is 5.73 Å². The Labute approximate surface area is 107 Å². The highest BCUT2D eigenvalue weighted by molar-refractivity contribution is 5.76. The number of nitrogens with two attached hydrogens (primary N) is 1. The molecule has 1 aromatic rings. The fourth-order valence-corrected chi connectivity index (χ4v) is 3.24. The molecule has 1 saturated heterocycles. The smallest absolute Gasteiger partial charge is 0.315 e. The summed E-state index contributed by atoms with van der Waals surface area (Å²) in [5.41, 5.74) is 7.25. The number of nitrogens with one attached hydrogen (secondary N) is 2. The molecule has 96 valence electrons. The lowest BCUT2D eigenvalue weighted by Crippen LogP contribution is -2.59. The first-order chi connectivity index (χ1) is 8.74. The van der Waals surface area contributed by atoms with E-state index in [1.165, 1.54) is 5.56 Å². The third kappa shape index (κ3) is 2.08. The number of carbonyl (C=O) groups is 1. The van der Waals surface area contributed by atoms with Gasteiger partial charge in [-0.25, -0.2) is 4.79 Å². The number of rotatable bonds is 1. The second kappa shape index (κ2) is 4.61. The largest absolute Gasteiger partial charge is 0.335 e. The summed E-state index contributed by atoms with van der Waals surface area (Å²) in [6.07, 6.45) is 2.96. The summed E-state index contributed by atoms with van der Waals surface area (Å²) in [6, 6.07) is 10.7. The fourth-order valence-electron chi connectivity index (χ4n) is 3.24. The number of amides is 2. The standard InChI is InChI=1S/C14H19N3O/c15-10-6-7-12-11(8-10)13(17-14(18)16-12)9-4-2-1-3-5-9/h1-5,10-13H,6-8,15H2,(H2,16,17,18). The van der Waals surface area contributed by atoms with Crippen molar-refractivity contribution in [1.82, 2.24) is 10.6 Å². The van der Waals surface area contributed by atoms with E-state index in [0.717, 1.165) is 19.3 Å². The molecule has 1 heterocycles. The second-order valence-electron chi connectivity index (χ2n) is 5.35. The Kier molecular flexibility index (Phi) is 2.96. The summed E-state index contributed by atoms with van der Waals surface area (Å²) >= 11 is 0. The van der Waals surface area contributed by atoms with Crippen molar-refractivity contribution < 1.29 is 4.79 Å². The highest BCUT2D eigenvalue weighted by atomic mass is 16.2. The van der Waals surface area contributed by atoms with Gasteiger partial charge in [0.05, 0.1) is 6.04 Å². The molecule has 4 nitrogen and oxygen atoms in total. The van der Waals surface area contributed by atoms with E-state index in [1.807, 2.05) is 18.2 Å². The average Bonchev–Trinajstić information content (AvgIpc) is 2.39. The van der Waals surface area contributed by atoms with Gasteiger partial charge in [-0.3, -0.25) is 0 Å². The molecule has 4 heteroatoms. The van der Waals surface area contributed by atoms with Gasteiger partial charge in [0.15, 0.2) is 0 Å². The van der Waals surface area contributed by atoms with Gasteiger partial charge in [0, 0.05) is 18.0 Å². The third-order valence-electron chi connectivity index (χ3n) is 4.13. The molecular formula is C14H19N3O. The number of carbonyl (C=O) groups excluding carboxylic acids is 1. The van der Waals surface area contributed by atoms with Gasteiger partial charge in [0.2, 0.25) is 0 Å². The molecule has 2 amide bonds. The lowest BCUT2D eigenvalue weighted by molar-refractivity contribution is 0.153. The molecule has 4 atom stereocenters. The van der Waals surface area contributed by atoms with E-state index in [-0.39, 0.29) is 24.2 Å². The maximum absolute atomic E-state index is 11.7. The van der Waals surface area contributed by atoms with Gasteiger partial charge in [-0.15, -0.1) is 0 Å². The van der Waals surface area contributed by atoms with Crippen molar-refractivity contribution in [3.8, 4) is 0 Å². The Morgan fingerprint density at radius 2 is 1.89 bits per heavy atom. The van der Waals surface area contributed by atoms with Gasteiger partial charge in [-0.05, 0) is 24.8 Å². The van der Waals surface area contributed by atoms with Gasteiger partial charge in [0.25, 0.3) is 0 Å². The highest BCUT2D eigenvalue weighted by Gasteiger charge is 2.40. The lowest BCUT2D eigenvalue weighted by atomic mass is 9.74. The number of hydrogen-bond acceptors (Lipinski definition) is 2. The van der Waals surface area contributed by atoms with Crippen LogP contribution in [0.1, 0.15) is 30.9 Å². The van der Waals surface area contributed by atoms with Crippen LogP contribution in [-0.2, 0) is 0 Å². The van der Waals surface area contributed by atoms with Crippen molar-refractivity contribution in [3.05, 3.63) is 35.9 Å². The summed E-state index contributed by atoms with van der Waals surface area (Å²) < 4.78 is 0. The quantitative estimate of drug-likeness (QED) is 0.702. The van der Waals surface area contributed by atoms with Crippen molar-refractivity contribution in [2.75, 3.05) is 0 Å². The molecule has 1 aliphatic carbocycles. The predicted molar refractivity (Wildman–Crippen MR) is 70.0 cm³/mol. The van der Waals surface area contributed by atoms with Crippen LogP contribution in [0.5, 0.6) is 0 Å². The minimum atomic E-state index is -0.0550. The maximum Gasteiger partial charge on any atom is 0.315 e. The van der Waals surface area contributed by atoms with Crippen LogP contribution in [0.4, 0.5) is 4.79 Å². The molecule has 1 aromatic carbocycles. The van der Waals surface area contributed by atoms with Crippen molar-refractivity contribution >= 4 is 6.03 Å². The number of urea groups is 1. The number of fused-ring (bicyclic) bond motifs is 1. The van der Waals surface area contributed by atoms with E-state index < -0.39 is 0 Å². The first kappa shape index (κ1) is 11.5. The minimum absolute atomic E-state index is 0.0550. The fraction of sp³-hybridized carbons (Fsp3) is 0.500. The Balaban J connectivity index is 1.88. The lowest BCUT2D eigenvalue weighted by Gasteiger charge is -2.44. The van der Waals surface area contributed by atoms with E-state index in [1.54, 1.807) is 0 Å². The molecule has 2 fully saturated rings. The second-order valence-corrected chi connectivity index (χ2v) is 5.35. The summed E-state index contributed by atoms with van der Waals surface area (Å²) in [5.74, 6) is 0.397. The van der Waals surface area contributed by atoms with E-state index in [0.29, 0.717) is 5.92 Å². The molecule has 0 spiro atoms. The summed E-state index contributed by atoms with van der Waals surface area (Å²) in [7, 11) is 0. The molecule has 0 radical (unpaired) electrons. The van der Waals surface area contributed by atoms with Gasteiger partial charge in [-0.1, -0.05) is 30.3 Å². The van der Waals surface area contributed by atoms with E-state index in [2.05, 4.69) is 22.8 Å². The summed E-state index contributed by atoms with van der Waals surface area (Å²) in [5, 5.41) is 6.08. The molecule has 4 N–H and O–H groups in total. The zero-order valence-corrected chi connectivity index (χ0v) is 10.3. The molecule has 1 saturated carbocycles. The third-order valence-corrected chi connectivity index (χ3v) is 4.13. The molecule has 0 aromatic heterocycles. The number of hydrogen-bond donors (Lipinski definition) is 3. The Morgan fingerprint density at radius 1 is 1.11 bits per heavy atom. The van der Waals surface area contributed by atoms with Crippen molar-refractivity contribution in [2.24, 2.45) is 11.7 Å². The monoisotopic (exact) mass is 245 g/mol. The van der Waals surface area contributed by atoms with Crippen LogP contribution >= 0.6 is 0 Å². The summed E-state index contributed by atoms with van der Waals surface area (Å²) in [6.45, 7) is 0. The molecule has 3 rings (SSSR count). The van der Waals surface area contributed by atoms with Gasteiger partial charge in [0.1, 0.15) is 0 Å². The topological polar surface area (TPSA) is 67.1 Å². The van der Waals surface area contributed by atoms with Gasteiger partial charge >= 0.3 is 6.03 Å². The van der Waals surface area contributed by atoms with E-state index in [9.17, 15) is 4.79 Å². The van der Waals surface area contributed by atoms with Crippen LogP contribution in [0.2, 0.25) is 0 Å². The Bertz CT molecular complexity index is 434.